The van der Waals surface area contributed by atoms with Crippen molar-refractivity contribution in [3.8, 4) is 0 Å². The Labute approximate surface area is 142 Å². The number of benzene rings is 1. The van der Waals surface area contributed by atoms with Gasteiger partial charge in [0, 0.05) is 19.3 Å². The van der Waals surface area contributed by atoms with E-state index in [9.17, 15) is 8.42 Å². The Bertz CT molecular complexity index is 726. The lowest BCUT2D eigenvalue weighted by atomic mass is 9.99. The molecule has 1 atom stereocenters. The highest BCUT2D eigenvalue weighted by atomic mass is 35.5. The fourth-order valence-corrected chi connectivity index (χ4v) is 3.43. The van der Waals surface area contributed by atoms with Crippen LogP contribution in [0, 0.1) is 0 Å². The molecule has 1 aromatic carbocycles. The quantitative estimate of drug-likeness (QED) is 0.738. The lowest BCUT2D eigenvalue weighted by molar-refractivity contribution is 0.553. The maximum absolute atomic E-state index is 12.2. The fraction of sp³-hybridized carbons (Fsp3) is 0.438. The lowest BCUT2D eigenvalue weighted by Crippen LogP contribution is -2.25. The molecule has 0 amide bonds. The molecule has 1 unspecified atom stereocenters. The van der Waals surface area contributed by atoms with E-state index >= 15 is 0 Å². The summed E-state index contributed by atoms with van der Waals surface area (Å²) in [6.45, 7) is 5.21. The van der Waals surface area contributed by atoms with E-state index in [1.807, 2.05) is 12.1 Å². The number of hydrogen-bond donors (Lipinski definition) is 1. The highest BCUT2D eigenvalue weighted by Gasteiger charge is 2.13. The van der Waals surface area contributed by atoms with E-state index in [-0.39, 0.29) is 0 Å². The molecule has 5 nitrogen and oxygen atoms in total. The van der Waals surface area contributed by atoms with E-state index in [4.69, 9.17) is 11.6 Å². The average molecular weight is 356 g/mol. The van der Waals surface area contributed by atoms with Crippen molar-refractivity contribution in [2.24, 2.45) is 0 Å². The summed E-state index contributed by atoms with van der Waals surface area (Å²) >= 11 is 5.78. The molecule has 0 aliphatic rings. The first-order valence-electron chi connectivity index (χ1n) is 7.70. The number of aromatic nitrogens is 2. The number of hydrogen-bond acceptors (Lipinski definition) is 3. The summed E-state index contributed by atoms with van der Waals surface area (Å²) in [5.74, 6) is 0.431. The van der Waals surface area contributed by atoms with Crippen LogP contribution in [0.25, 0.3) is 0 Å². The van der Waals surface area contributed by atoms with Crippen molar-refractivity contribution in [1.29, 1.82) is 0 Å². The zero-order chi connectivity index (χ0) is 16.9. The fourth-order valence-electron chi connectivity index (χ4n) is 2.20. The van der Waals surface area contributed by atoms with Crippen molar-refractivity contribution in [2.75, 3.05) is 6.54 Å². The summed E-state index contributed by atoms with van der Waals surface area (Å²) in [7, 11) is -3.46. The van der Waals surface area contributed by atoms with Gasteiger partial charge in [0.1, 0.15) is 0 Å². The molecule has 0 bridgehead atoms. The first-order chi connectivity index (χ1) is 10.9. The minimum atomic E-state index is -3.46. The Kier molecular flexibility index (Phi) is 6.21. The van der Waals surface area contributed by atoms with Gasteiger partial charge in [-0.15, -0.1) is 0 Å². The molecule has 23 heavy (non-hydrogen) atoms. The maximum atomic E-state index is 12.2. The smallest absolute Gasteiger partial charge is 0.240 e. The van der Waals surface area contributed by atoms with E-state index in [2.05, 4.69) is 23.7 Å². The number of nitrogens with one attached hydrogen (secondary N) is 1. The largest absolute Gasteiger partial charge is 0.271 e. The number of sulfonamides is 1. The third-order valence-corrected chi connectivity index (χ3v) is 5.50. The van der Waals surface area contributed by atoms with E-state index in [0.29, 0.717) is 35.3 Å². The predicted molar refractivity (Wildman–Crippen MR) is 92.2 cm³/mol. The molecule has 1 aromatic heterocycles. The minimum absolute atomic E-state index is 0.298. The van der Waals surface area contributed by atoms with Crippen LogP contribution >= 0.6 is 11.6 Å². The number of nitrogens with zero attached hydrogens (tertiary/aromatic N) is 2. The molecule has 7 heteroatoms. The Morgan fingerprint density at radius 1 is 1.30 bits per heavy atom. The second-order valence-corrected chi connectivity index (χ2v) is 7.75. The van der Waals surface area contributed by atoms with Crippen LogP contribution < -0.4 is 4.72 Å². The molecule has 126 valence electrons. The van der Waals surface area contributed by atoms with Crippen LogP contribution in [0.5, 0.6) is 0 Å². The van der Waals surface area contributed by atoms with Crippen molar-refractivity contribution in [2.45, 2.75) is 44.0 Å². The third-order valence-electron chi connectivity index (χ3n) is 3.83. The topological polar surface area (TPSA) is 64.0 Å². The lowest BCUT2D eigenvalue weighted by Gasteiger charge is -2.11. The van der Waals surface area contributed by atoms with Crippen LogP contribution in [0.4, 0.5) is 0 Å². The van der Waals surface area contributed by atoms with E-state index in [1.165, 1.54) is 0 Å². The molecular formula is C16H22ClN3O2S. The van der Waals surface area contributed by atoms with E-state index in [0.717, 1.165) is 12.0 Å². The average Bonchev–Trinajstić information content (AvgIpc) is 2.96. The normalized spacial score (nSPS) is 13.2. The van der Waals surface area contributed by atoms with Gasteiger partial charge in [-0.05, 0) is 36.5 Å². The van der Waals surface area contributed by atoms with Crippen LogP contribution in [0.2, 0.25) is 5.02 Å². The van der Waals surface area contributed by atoms with Gasteiger partial charge >= 0.3 is 0 Å². The van der Waals surface area contributed by atoms with Gasteiger partial charge < -0.3 is 0 Å². The molecule has 0 aliphatic heterocycles. The molecule has 2 rings (SSSR count). The molecule has 1 N–H and O–H groups in total. The van der Waals surface area contributed by atoms with Crippen molar-refractivity contribution in [1.82, 2.24) is 14.5 Å². The van der Waals surface area contributed by atoms with Crippen molar-refractivity contribution >= 4 is 21.6 Å². The molecule has 1 heterocycles. The van der Waals surface area contributed by atoms with Crippen LogP contribution in [-0.2, 0) is 16.6 Å². The van der Waals surface area contributed by atoms with Crippen molar-refractivity contribution < 1.29 is 8.42 Å². The maximum Gasteiger partial charge on any atom is 0.240 e. The second-order valence-electron chi connectivity index (χ2n) is 5.55. The first kappa shape index (κ1) is 18.0. The van der Waals surface area contributed by atoms with Gasteiger partial charge in [0.15, 0.2) is 0 Å². The number of rotatable bonds is 8. The highest BCUT2D eigenvalue weighted by molar-refractivity contribution is 7.89. The molecule has 0 saturated carbocycles. The van der Waals surface area contributed by atoms with Gasteiger partial charge in [-0.3, -0.25) is 4.68 Å². The van der Waals surface area contributed by atoms with Crippen LogP contribution in [0.1, 0.15) is 38.2 Å². The molecule has 0 spiro atoms. The van der Waals surface area contributed by atoms with Gasteiger partial charge in [0.05, 0.1) is 16.1 Å². The Morgan fingerprint density at radius 3 is 2.57 bits per heavy atom. The van der Waals surface area contributed by atoms with Crippen LogP contribution in [0.15, 0.2) is 41.6 Å². The monoisotopic (exact) mass is 355 g/mol. The molecule has 2 aromatic rings. The summed E-state index contributed by atoms with van der Waals surface area (Å²) < 4.78 is 28.8. The SMILES string of the molecule is CCC(C)c1ccc(S(=O)(=O)NCCCn2cc(Cl)cn2)cc1. The van der Waals surface area contributed by atoms with E-state index < -0.39 is 10.0 Å². The summed E-state index contributed by atoms with van der Waals surface area (Å²) in [6.07, 6.45) is 4.94. The van der Waals surface area contributed by atoms with Crippen LogP contribution in [0.3, 0.4) is 0 Å². The summed E-state index contributed by atoms with van der Waals surface area (Å²) in [4.78, 5) is 0.298. The van der Waals surface area contributed by atoms with Crippen molar-refractivity contribution in [3.05, 3.63) is 47.2 Å². The summed E-state index contributed by atoms with van der Waals surface area (Å²) in [5, 5.41) is 4.63. The molecule has 0 aliphatic carbocycles. The molecular weight excluding hydrogens is 334 g/mol. The Balaban J connectivity index is 1.88. The zero-order valence-electron chi connectivity index (χ0n) is 13.4. The molecule has 0 radical (unpaired) electrons. The van der Waals surface area contributed by atoms with Gasteiger partial charge in [0.25, 0.3) is 0 Å². The van der Waals surface area contributed by atoms with Crippen molar-refractivity contribution in [3.63, 3.8) is 0 Å². The summed E-state index contributed by atoms with van der Waals surface area (Å²) in [6, 6.07) is 7.09. The standard InChI is InChI=1S/C16H22ClN3O2S/c1-3-13(2)14-5-7-16(8-6-14)23(21,22)19-9-4-10-20-12-15(17)11-18-20/h5-8,11-13,19H,3-4,9-10H2,1-2H3. The third kappa shape index (κ3) is 5.06. The van der Waals surface area contributed by atoms with Gasteiger partial charge in [-0.2, -0.15) is 5.10 Å². The highest BCUT2D eigenvalue weighted by Crippen LogP contribution is 2.20. The predicted octanol–water partition coefficient (Wildman–Crippen LogP) is 3.42. The van der Waals surface area contributed by atoms with Gasteiger partial charge in [-0.25, -0.2) is 13.1 Å². The minimum Gasteiger partial charge on any atom is -0.271 e. The summed E-state index contributed by atoms with van der Waals surface area (Å²) in [5.41, 5.74) is 1.15. The molecule has 0 saturated heterocycles. The first-order valence-corrected chi connectivity index (χ1v) is 9.56. The Hall–Kier alpha value is -1.37. The van der Waals surface area contributed by atoms with Crippen LogP contribution in [-0.4, -0.2) is 24.7 Å². The van der Waals surface area contributed by atoms with E-state index in [1.54, 1.807) is 29.2 Å². The Morgan fingerprint density at radius 2 is 2.00 bits per heavy atom. The van der Waals surface area contributed by atoms with Gasteiger partial charge in [-0.1, -0.05) is 37.6 Å². The second kappa shape index (κ2) is 7.95. The molecule has 0 fully saturated rings. The number of halogens is 1. The van der Waals surface area contributed by atoms with Gasteiger partial charge in [0.2, 0.25) is 10.0 Å². The number of aryl methyl sites for hydroxylation is 1. The zero-order valence-corrected chi connectivity index (χ0v) is 14.9.